The average molecular weight is 256 g/mol. The van der Waals surface area contributed by atoms with Crippen LogP contribution in [0.4, 0.5) is 14.5 Å². The maximum atomic E-state index is 13.6. The van der Waals surface area contributed by atoms with E-state index in [0.717, 1.165) is 25.0 Å². The lowest BCUT2D eigenvalue weighted by Crippen LogP contribution is -2.33. The summed E-state index contributed by atoms with van der Waals surface area (Å²) < 4.78 is 32.2. The predicted octanol–water partition coefficient (Wildman–Crippen LogP) is 1.46. The number of hydrogen-bond acceptors (Lipinski definition) is 3. The normalized spacial score (nSPS) is 18.9. The standard InChI is InChI=1S/C12H14F2N2O2/c13-8-3-4-9(15)11(14)10(8)12(17)16-6-7-2-1-5-18-7/h3-4,7H,1-2,5-6,15H2,(H,16,17). The van der Waals surface area contributed by atoms with Gasteiger partial charge in [-0.3, -0.25) is 4.79 Å². The Balaban J connectivity index is 2.06. The van der Waals surface area contributed by atoms with Crippen molar-refractivity contribution < 1.29 is 18.3 Å². The molecule has 1 aliphatic rings. The summed E-state index contributed by atoms with van der Waals surface area (Å²) in [5.74, 6) is -2.76. The van der Waals surface area contributed by atoms with E-state index in [1.165, 1.54) is 0 Å². The molecule has 18 heavy (non-hydrogen) atoms. The Labute approximate surface area is 103 Å². The van der Waals surface area contributed by atoms with E-state index in [9.17, 15) is 13.6 Å². The van der Waals surface area contributed by atoms with Crippen LogP contribution < -0.4 is 11.1 Å². The number of nitrogens with two attached hydrogens (primary N) is 1. The van der Waals surface area contributed by atoms with E-state index in [1.807, 2.05) is 0 Å². The van der Waals surface area contributed by atoms with Gasteiger partial charge in [-0.1, -0.05) is 0 Å². The number of ether oxygens (including phenoxy) is 1. The SMILES string of the molecule is Nc1ccc(F)c(C(=O)NCC2CCCO2)c1F. The van der Waals surface area contributed by atoms with Crippen LogP contribution in [-0.2, 0) is 4.74 Å². The molecule has 1 aliphatic heterocycles. The number of hydrogen-bond donors (Lipinski definition) is 2. The molecule has 1 atom stereocenters. The second-order valence-electron chi connectivity index (χ2n) is 4.17. The highest BCUT2D eigenvalue weighted by Gasteiger charge is 2.21. The predicted molar refractivity (Wildman–Crippen MR) is 62.1 cm³/mol. The fourth-order valence-electron chi connectivity index (χ4n) is 1.88. The highest BCUT2D eigenvalue weighted by molar-refractivity contribution is 5.95. The van der Waals surface area contributed by atoms with E-state index in [0.29, 0.717) is 6.61 Å². The van der Waals surface area contributed by atoms with Gasteiger partial charge in [-0.05, 0) is 25.0 Å². The van der Waals surface area contributed by atoms with Gasteiger partial charge >= 0.3 is 0 Å². The molecule has 0 aromatic heterocycles. The average Bonchev–Trinajstić information content (AvgIpc) is 2.85. The Bertz CT molecular complexity index is 460. The fraction of sp³-hybridized carbons (Fsp3) is 0.417. The lowest BCUT2D eigenvalue weighted by atomic mass is 10.1. The van der Waals surface area contributed by atoms with Crippen LogP contribution in [0.15, 0.2) is 12.1 Å². The first-order valence-corrected chi connectivity index (χ1v) is 5.73. The lowest BCUT2D eigenvalue weighted by molar-refractivity contribution is 0.0851. The maximum absolute atomic E-state index is 13.6. The van der Waals surface area contributed by atoms with Crippen LogP contribution in [0.5, 0.6) is 0 Å². The molecule has 1 saturated heterocycles. The lowest BCUT2D eigenvalue weighted by Gasteiger charge is -2.12. The number of rotatable bonds is 3. The van der Waals surface area contributed by atoms with E-state index < -0.39 is 23.1 Å². The molecule has 4 nitrogen and oxygen atoms in total. The summed E-state index contributed by atoms with van der Waals surface area (Å²) in [6, 6.07) is 2.06. The highest BCUT2D eigenvalue weighted by Crippen LogP contribution is 2.18. The molecule has 0 radical (unpaired) electrons. The van der Waals surface area contributed by atoms with Gasteiger partial charge in [0, 0.05) is 13.2 Å². The molecular weight excluding hydrogens is 242 g/mol. The number of nitrogen functional groups attached to an aromatic ring is 1. The molecule has 0 aliphatic carbocycles. The third-order valence-electron chi connectivity index (χ3n) is 2.86. The van der Waals surface area contributed by atoms with E-state index in [-0.39, 0.29) is 18.3 Å². The number of nitrogens with one attached hydrogen (secondary N) is 1. The van der Waals surface area contributed by atoms with Gasteiger partial charge in [0.15, 0.2) is 5.82 Å². The molecule has 1 heterocycles. The van der Waals surface area contributed by atoms with Crippen LogP contribution in [0.1, 0.15) is 23.2 Å². The van der Waals surface area contributed by atoms with E-state index in [1.54, 1.807) is 0 Å². The molecule has 3 N–H and O–H groups in total. The van der Waals surface area contributed by atoms with Gasteiger partial charge in [-0.25, -0.2) is 8.78 Å². The van der Waals surface area contributed by atoms with Crippen molar-refractivity contribution in [2.45, 2.75) is 18.9 Å². The molecule has 1 aromatic rings. The third-order valence-corrected chi connectivity index (χ3v) is 2.86. The summed E-state index contributed by atoms with van der Waals surface area (Å²) in [6.45, 7) is 0.897. The summed E-state index contributed by atoms with van der Waals surface area (Å²) in [7, 11) is 0. The first-order valence-electron chi connectivity index (χ1n) is 5.73. The minimum Gasteiger partial charge on any atom is -0.396 e. The van der Waals surface area contributed by atoms with Crippen molar-refractivity contribution in [3.05, 3.63) is 29.3 Å². The Morgan fingerprint density at radius 3 is 2.94 bits per heavy atom. The zero-order valence-corrected chi connectivity index (χ0v) is 9.71. The van der Waals surface area contributed by atoms with Crippen LogP contribution in [0.25, 0.3) is 0 Å². The second kappa shape index (κ2) is 5.30. The molecule has 1 fully saturated rings. The zero-order valence-electron chi connectivity index (χ0n) is 9.71. The van der Waals surface area contributed by atoms with Crippen LogP contribution in [-0.4, -0.2) is 25.2 Å². The van der Waals surface area contributed by atoms with Crippen molar-refractivity contribution in [3.8, 4) is 0 Å². The third kappa shape index (κ3) is 2.59. The second-order valence-corrected chi connectivity index (χ2v) is 4.17. The van der Waals surface area contributed by atoms with E-state index >= 15 is 0 Å². The van der Waals surface area contributed by atoms with E-state index in [2.05, 4.69) is 5.32 Å². The summed E-state index contributed by atoms with van der Waals surface area (Å²) in [4.78, 5) is 11.7. The maximum Gasteiger partial charge on any atom is 0.257 e. The zero-order chi connectivity index (χ0) is 13.1. The van der Waals surface area contributed by atoms with Crippen molar-refractivity contribution in [1.29, 1.82) is 0 Å². The molecule has 1 aromatic carbocycles. The molecule has 1 unspecified atom stereocenters. The number of halogens is 2. The van der Waals surface area contributed by atoms with Gasteiger partial charge in [0.05, 0.1) is 11.8 Å². The van der Waals surface area contributed by atoms with Crippen LogP contribution >= 0.6 is 0 Å². The highest BCUT2D eigenvalue weighted by atomic mass is 19.1. The van der Waals surface area contributed by atoms with Gasteiger partial charge in [-0.2, -0.15) is 0 Å². The number of anilines is 1. The molecule has 0 bridgehead atoms. The molecular formula is C12H14F2N2O2. The van der Waals surface area contributed by atoms with E-state index in [4.69, 9.17) is 10.5 Å². The Kier molecular flexibility index (Phi) is 3.76. The van der Waals surface area contributed by atoms with Crippen LogP contribution in [0, 0.1) is 11.6 Å². The first-order chi connectivity index (χ1) is 8.59. The van der Waals surface area contributed by atoms with Gasteiger partial charge in [-0.15, -0.1) is 0 Å². The Hall–Kier alpha value is -1.69. The van der Waals surface area contributed by atoms with Crippen LogP contribution in [0.3, 0.4) is 0 Å². The smallest absolute Gasteiger partial charge is 0.257 e. The minimum absolute atomic E-state index is 0.0823. The molecule has 6 heteroatoms. The number of carbonyl (C=O) groups is 1. The van der Waals surface area contributed by atoms with Gasteiger partial charge in [0.1, 0.15) is 11.4 Å². The van der Waals surface area contributed by atoms with Crippen molar-refractivity contribution in [2.24, 2.45) is 0 Å². The summed E-state index contributed by atoms with van der Waals surface area (Å²) in [5, 5.41) is 2.45. The first kappa shape index (κ1) is 12.8. The Morgan fingerprint density at radius 2 is 2.28 bits per heavy atom. The summed E-state index contributed by atoms with van der Waals surface area (Å²) >= 11 is 0. The quantitative estimate of drug-likeness (QED) is 0.805. The van der Waals surface area contributed by atoms with Crippen molar-refractivity contribution in [1.82, 2.24) is 5.32 Å². The molecule has 0 saturated carbocycles. The molecule has 0 spiro atoms. The summed E-state index contributed by atoms with van der Waals surface area (Å²) in [6.07, 6.45) is 1.69. The number of benzene rings is 1. The fourth-order valence-corrected chi connectivity index (χ4v) is 1.88. The van der Waals surface area contributed by atoms with Crippen molar-refractivity contribution in [2.75, 3.05) is 18.9 Å². The van der Waals surface area contributed by atoms with Crippen LogP contribution in [0.2, 0.25) is 0 Å². The van der Waals surface area contributed by atoms with Crippen molar-refractivity contribution >= 4 is 11.6 Å². The van der Waals surface area contributed by atoms with Crippen molar-refractivity contribution in [3.63, 3.8) is 0 Å². The summed E-state index contributed by atoms with van der Waals surface area (Å²) in [5.41, 5.74) is 4.40. The van der Waals surface area contributed by atoms with Gasteiger partial charge in [0.2, 0.25) is 0 Å². The number of amides is 1. The monoisotopic (exact) mass is 256 g/mol. The van der Waals surface area contributed by atoms with Gasteiger partial charge in [0.25, 0.3) is 5.91 Å². The topological polar surface area (TPSA) is 64.4 Å². The molecule has 98 valence electrons. The molecule has 1 amide bonds. The Morgan fingerprint density at radius 1 is 1.50 bits per heavy atom. The largest absolute Gasteiger partial charge is 0.396 e. The number of carbonyl (C=O) groups excluding carboxylic acids is 1. The van der Waals surface area contributed by atoms with Gasteiger partial charge < -0.3 is 15.8 Å². The molecule has 2 rings (SSSR count). The minimum atomic E-state index is -1.03.